The molecule has 0 bridgehead atoms. The van der Waals surface area contributed by atoms with E-state index < -0.39 is 0 Å². The van der Waals surface area contributed by atoms with Crippen LogP contribution in [0.1, 0.15) is 29.2 Å². The minimum Gasteiger partial charge on any atom is -0.312 e. The van der Waals surface area contributed by atoms with Gasteiger partial charge in [-0.15, -0.1) is 11.3 Å². The smallest absolute Gasteiger partial charge is 0.0299 e. The van der Waals surface area contributed by atoms with Crippen LogP contribution in [-0.2, 0) is 13.1 Å². The minimum atomic E-state index is 0.791. The van der Waals surface area contributed by atoms with Crippen LogP contribution in [0.5, 0.6) is 0 Å². The van der Waals surface area contributed by atoms with Gasteiger partial charge in [0.15, 0.2) is 0 Å². The number of nitrogens with zero attached hydrogens (tertiary/aromatic N) is 1. The van der Waals surface area contributed by atoms with Gasteiger partial charge in [0.1, 0.15) is 0 Å². The maximum Gasteiger partial charge on any atom is 0.0299 e. The molecular weight excluding hydrogens is 260 g/mol. The molecule has 1 saturated heterocycles. The number of aryl methyl sites for hydroxylation is 1. The minimum absolute atomic E-state index is 0.791. The number of hydrogen-bond acceptors (Lipinski definition) is 4. The van der Waals surface area contributed by atoms with E-state index in [1.54, 1.807) is 0 Å². The zero-order valence-electron chi connectivity index (χ0n) is 11.7. The molecule has 1 aromatic heterocycles. The summed E-state index contributed by atoms with van der Waals surface area (Å²) in [6.07, 6.45) is 0. The lowest BCUT2D eigenvalue weighted by atomic mass is 10.2. The molecular formula is C14H24N2S2. The molecule has 1 fully saturated rings. The predicted molar refractivity (Wildman–Crippen MR) is 83.6 cm³/mol. The van der Waals surface area contributed by atoms with Crippen molar-refractivity contribution in [2.24, 2.45) is 0 Å². The topological polar surface area (TPSA) is 15.3 Å². The van der Waals surface area contributed by atoms with Crippen LogP contribution in [0, 0.1) is 6.92 Å². The molecule has 2 rings (SSSR count). The largest absolute Gasteiger partial charge is 0.312 e. The van der Waals surface area contributed by atoms with Gasteiger partial charge < -0.3 is 5.32 Å². The summed E-state index contributed by atoms with van der Waals surface area (Å²) in [6, 6.07) is 2.40. The summed E-state index contributed by atoms with van der Waals surface area (Å²) in [5.74, 6) is 1.29. The first-order chi connectivity index (χ1) is 8.69. The highest BCUT2D eigenvalue weighted by atomic mass is 32.2. The average Bonchev–Trinajstić information content (AvgIpc) is 2.68. The van der Waals surface area contributed by atoms with Crippen molar-refractivity contribution in [1.82, 2.24) is 10.2 Å². The van der Waals surface area contributed by atoms with E-state index in [0.29, 0.717) is 0 Å². The molecule has 1 aliphatic rings. The van der Waals surface area contributed by atoms with Gasteiger partial charge in [0, 0.05) is 46.9 Å². The number of thiophene rings is 1. The summed E-state index contributed by atoms with van der Waals surface area (Å²) in [5, 5.41) is 4.20. The third-order valence-corrected chi connectivity index (χ3v) is 5.57. The summed E-state index contributed by atoms with van der Waals surface area (Å²) in [6.45, 7) is 12.5. The molecule has 0 aromatic carbocycles. The maximum atomic E-state index is 3.41. The zero-order chi connectivity index (χ0) is 13.0. The lowest BCUT2D eigenvalue weighted by Gasteiger charge is -2.30. The Morgan fingerprint density at radius 3 is 3.06 bits per heavy atom. The van der Waals surface area contributed by atoms with Crippen molar-refractivity contribution >= 4 is 23.1 Å². The first kappa shape index (κ1) is 14.4. The van der Waals surface area contributed by atoms with Crippen molar-refractivity contribution in [2.75, 3.05) is 25.4 Å². The van der Waals surface area contributed by atoms with Gasteiger partial charge in [-0.2, -0.15) is 11.8 Å². The Bertz CT molecular complexity index is 376. The van der Waals surface area contributed by atoms with E-state index in [9.17, 15) is 0 Å². The van der Waals surface area contributed by atoms with E-state index in [1.165, 1.54) is 34.2 Å². The average molecular weight is 284 g/mol. The maximum absolute atomic E-state index is 3.41. The van der Waals surface area contributed by atoms with E-state index in [1.807, 2.05) is 11.3 Å². The summed E-state index contributed by atoms with van der Waals surface area (Å²) in [4.78, 5) is 5.57. The van der Waals surface area contributed by atoms with Crippen molar-refractivity contribution in [3.63, 3.8) is 0 Å². The fraction of sp³-hybridized carbons (Fsp3) is 0.714. The molecule has 1 aromatic rings. The SMILES string of the molecule is CCNCc1cc(CN2CCSC(C)C2)c(C)s1. The fourth-order valence-corrected chi connectivity index (χ4v) is 4.46. The highest BCUT2D eigenvalue weighted by molar-refractivity contribution is 7.99. The predicted octanol–water partition coefficient (Wildman–Crippen LogP) is 3.10. The molecule has 18 heavy (non-hydrogen) atoms. The lowest BCUT2D eigenvalue weighted by molar-refractivity contribution is 0.278. The van der Waals surface area contributed by atoms with Gasteiger partial charge in [0.05, 0.1) is 0 Å². The molecule has 4 heteroatoms. The van der Waals surface area contributed by atoms with Crippen molar-refractivity contribution in [1.29, 1.82) is 0 Å². The van der Waals surface area contributed by atoms with Crippen molar-refractivity contribution in [3.05, 3.63) is 21.4 Å². The van der Waals surface area contributed by atoms with Gasteiger partial charge in [-0.05, 0) is 25.1 Å². The lowest BCUT2D eigenvalue weighted by Crippen LogP contribution is -2.36. The van der Waals surface area contributed by atoms with Gasteiger partial charge >= 0.3 is 0 Å². The third kappa shape index (κ3) is 3.98. The number of thioether (sulfide) groups is 1. The molecule has 2 nitrogen and oxygen atoms in total. The zero-order valence-corrected chi connectivity index (χ0v) is 13.3. The molecule has 1 unspecified atom stereocenters. The quantitative estimate of drug-likeness (QED) is 0.894. The number of rotatable bonds is 5. The van der Waals surface area contributed by atoms with Crippen molar-refractivity contribution in [3.8, 4) is 0 Å². The Kier molecular flexibility index (Phi) is 5.55. The van der Waals surface area contributed by atoms with E-state index in [2.05, 4.69) is 48.8 Å². The second-order valence-electron chi connectivity index (χ2n) is 4.99. The summed E-state index contributed by atoms with van der Waals surface area (Å²) >= 11 is 4.05. The molecule has 1 atom stereocenters. The molecule has 1 N–H and O–H groups in total. The van der Waals surface area contributed by atoms with Crippen LogP contribution in [0.3, 0.4) is 0 Å². The summed E-state index contributed by atoms with van der Waals surface area (Å²) < 4.78 is 0. The van der Waals surface area contributed by atoms with Crippen LogP contribution >= 0.6 is 23.1 Å². The molecule has 2 heterocycles. The van der Waals surface area contributed by atoms with Gasteiger partial charge in [-0.3, -0.25) is 4.90 Å². The van der Waals surface area contributed by atoms with Crippen LogP contribution < -0.4 is 5.32 Å². The van der Waals surface area contributed by atoms with E-state index >= 15 is 0 Å². The first-order valence-electron chi connectivity index (χ1n) is 6.82. The second-order valence-corrected chi connectivity index (χ2v) is 7.88. The normalized spacial score (nSPS) is 21.4. The molecule has 0 saturated carbocycles. The molecule has 0 amide bonds. The van der Waals surface area contributed by atoms with Gasteiger partial charge in [-0.25, -0.2) is 0 Å². The third-order valence-electron chi connectivity index (χ3n) is 3.34. The van der Waals surface area contributed by atoms with Crippen LogP contribution in [-0.4, -0.2) is 35.5 Å². The Morgan fingerprint density at radius 1 is 1.50 bits per heavy atom. The highest BCUT2D eigenvalue weighted by Gasteiger charge is 2.18. The fourth-order valence-electron chi connectivity index (χ4n) is 2.36. The Labute approximate surface area is 119 Å². The highest BCUT2D eigenvalue weighted by Crippen LogP contribution is 2.25. The van der Waals surface area contributed by atoms with Crippen LogP contribution in [0.15, 0.2) is 6.07 Å². The molecule has 0 spiro atoms. The van der Waals surface area contributed by atoms with E-state index in [-0.39, 0.29) is 0 Å². The Hall–Kier alpha value is -0.0300. The first-order valence-corrected chi connectivity index (χ1v) is 8.68. The Balaban J connectivity index is 1.93. The van der Waals surface area contributed by atoms with E-state index in [0.717, 1.165) is 24.9 Å². The monoisotopic (exact) mass is 284 g/mol. The van der Waals surface area contributed by atoms with Crippen LogP contribution in [0.25, 0.3) is 0 Å². The number of hydrogen-bond donors (Lipinski definition) is 1. The number of nitrogens with one attached hydrogen (secondary N) is 1. The Morgan fingerprint density at radius 2 is 2.33 bits per heavy atom. The van der Waals surface area contributed by atoms with E-state index in [4.69, 9.17) is 0 Å². The standard InChI is InChI=1S/C14H24N2S2/c1-4-15-8-14-7-13(12(3)18-14)10-16-5-6-17-11(2)9-16/h7,11,15H,4-6,8-10H2,1-3H3. The van der Waals surface area contributed by atoms with Gasteiger partial charge in [0.25, 0.3) is 0 Å². The van der Waals surface area contributed by atoms with Crippen molar-refractivity contribution < 1.29 is 0 Å². The van der Waals surface area contributed by atoms with Crippen molar-refractivity contribution in [2.45, 2.75) is 39.1 Å². The van der Waals surface area contributed by atoms with Crippen LogP contribution in [0.2, 0.25) is 0 Å². The van der Waals surface area contributed by atoms with Crippen LogP contribution in [0.4, 0.5) is 0 Å². The molecule has 1 aliphatic heterocycles. The van der Waals surface area contributed by atoms with Gasteiger partial charge in [0.2, 0.25) is 0 Å². The van der Waals surface area contributed by atoms with Gasteiger partial charge in [-0.1, -0.05) is 13.8 Å². The molecule has 0 aliphatic carbocycles. The summed E-state index contributed by atoms with van der Waals surface area (Å²) in [5.41, 5.74) is 1.53. The molecule has 102 valence electrons. The second kappa shape index (κ2) is 6.94. The summed E-state index contributed by atoms with van der Waals surface area (Å²) in [7, 11) is 0. The molecule has 0 radical (unpaired) electrons.